The van der Waals surface area contributed by atoms with E-state index in [1.54, 1.807) is 31.2 Å². The van der Waals surface area contributed by atoms with Crippen LogP contribution in [-0.4, -0.2) is 16.5 Å². The number of nitrogens with zero attached hydrogens (tertiary/aromatic N) is 3. The number of hydrogen-bond acceptors (Lipinski definition) is 7. The van der Waals surface area contributed by atoms with E-state index in [0.29, 0.717) is 23.5 Å². The molecule has 0 amide bonds. The summed E-state index contributed by atoms with van der Waals surface area (Å²) < 4.78 is 11.3. The van der Waals surface area contributed by atoms with Crippen molar-refractivity contribution in [1.82, 2.24) is 0 Å². The van der Waals surface area contributed by atoms with Gasteiger partial charge in [-0.3, -0.25) is 20.2 Å². The van der Waals surface area contributed by atoms with Crippen molar-refractivity contribution in [2.75, 3.05) is 6.61 Å². The van der Waals surface area contributed by atoms with Gasteiger partial charge in [0.1, 0.15) is 0 Å². The Hall–Kier alpha value is -4.71. The highest BCUT2D eigenvalue weighted by Gasteiger charge is 2.22. The molecule has 9 nitrogen and oxygen atoms in total. The van der Waals surface area contributed by atoms with Crippen LogP contribution >= 0.6 is 0 Å². The monoisotopic (exact) mass is 431 g/mol. The van der Waals surface area contributed by atoms with Gasteiger partial charge in [0.15, 0.2) is 11.5 Å². The molecule has 3 aromatic carbocycles. The lowest BCUT2D eigenvalue weighted by atomic mass is 10.0. The van der Waals surface area contributed by atoms with Gasteiger partial charge < -0.3 is 9.47 Å². The zero-order valence-corrected chi connectivity index (χ0v) is 16.9. The maximum atomic E-state index is 11.4. The van der Waals surface area contributed by atoms with Crippen LogP contribution in [0.4, 0.5) is 11.4 Å². The summed E-state index contributed by atoms with van der Waals surface area (Å²) in [5, 5.41) is 31.8. The molecule has 160 valence electrons. The molecule has 0 atom stereocenters. The lowest BCUT2D eigenvalue weighted by molar-refractivity contribution is -0.394. The van der Waals surface area contributed by atoms with Crippen molar-refractivity contribution in [2.45, 2.75) is 6.92 Å². The molecular formula is C23H17N3O6. The molecule has 0 spiro atoms. The molecule has 0 N–H and O–H groups in total. The summed E-state index contributed by atoms with van der Waals surface area (Å²) in [4.78, 5) is 20.8. The smallest absolute Gasteiger partial charge is 0.318 e. The van der Waals surface area contributed by atoms with Gasteiger partial charge in [0.05, 0.1) is 34.2 Å². The van der Waals surface area contributed by atoms with E-state index in [0.717, 1.165) is 17.7 Å². The summed E-state index contributed by atoms with van der Waals surface area (Å²) in [5.74, 6) is 0.338. The molecule has 0 saturated carbocycles. The summed E-state index contributed by atoms with van der Waals surface area (Å²) in [7, 11) is 0. The van der Waals surface area contributed by atoms with Gasteiger partial charge in [-0.25, -0.2) is 0 Å². The first-order valence-electron chi connectivity index (χ1n) is 9.47. The number of non-ortho nitro benzene ring substituents is 1. The number of allylic oxidation sites excluding steroid dienone is 1. The summed E-state index contributed by atoms with van der Waals surface area (Å²) in [6, 6.07) is 19.4. The highest BCUT2D eigenvalue weighted by molar-refractivity contribution is 5.89. The fraction of sp³-hybridized carbons (Fsp3) is 0.0870. The van der Waals surface area contributed by atoms with Crippen LogP contribution < -0.4 is 9.47 Å². The van der Waals surface area contributed by atoms with Crippen molar-refractivity contribution in [2.24, 2.45) is 0 Å². The molecule has 0 radical (unpaired) electrons. The molecule has 9 heteroatoms. The van der Waals surface area contributed by atoms with Crippen molar-refractivity contribution < 1.29 is 19.3 Å². The largest absolute Gasteiger partial charge is 0.490 e. The van der Waals surface area contributed by atoms with Crippen molar-refractivity contribution in [3.05, 3.63) is 98.1 Å². The Morgan fingerprint density at radius 2 is 1.69 bits per heavy atom. The van der Waals surface area contributed by atoms with Crippen LogP contribution in [0.25, 0.3) is 11.6 Å². The van der Waals surface area contributed by atoms with E-state index in [2.05, 4.69) is 6.07 Å². The van der Waals surface area contributed by atoms with Crippen LogP contribution in [0, 0.1) is 31.6 Å². The van der Waals surface area contributed by atoms with Gasteiger partial charge in [0.2, 0.25) is 5.75 Å². The second kappa shape index (κ2) is 9.86. The Balaban J connectivity index is 1.99. The van der Waals surface area contributed by atoms with Crippen LogP contribution in [0.3, 0.4) is 0 Å². The Bertz CT molecular complexity index is 1230. The number of ether oxygens (including phenoxy) is 2. The van der Waals surface area contributed by atoms with E-state index in [1.165, 1.54) is 6.07 Å². The first-order valence-corrected chi connectivity index (χ1v) is 9.47. The predicted molar refractivity (Wildman–Crippen MR) is 117 cm³/mol. The molecule has 0 fully saturated rings. The molecule has 0 bridgehead atoms. The van der Waals surface area contributed by atoms with E-state index in [-0.39, 0.29) is 11.5 Å². The normalized spacial score (nSPS) is 10.8. The standard InChI is InChI=1S/C23H17N3O6/c1-2-31-23-13-16(12-18(15-24)17-6-4-3-5-7-17)8-10-22(23)32-21-11-9-19(25(27)28)14-20(21)26(29)30/h3-14H,2H2,1H3/b18-12+. The lowest BCUT2D eigenvalue weighted by Crippen LogP contribution is -1.99. The average molecular weight is 431 g/mol. The molecule has 0 aliphatic heterocycles. The molecule has 0 aliphatic carbocycles. The fourth-order valence-corrected chi connectivity index (χ4v) is 2.90. The minimum atomic E-state index is -0.751. The predicted octanol–water partition coefficient (Wildman–Crippen LogP) is 5.76. The lowest BCUT2D eigenvalue weighted by Gasteiger charge is -2.12. The number of hydrogen-bond donors (Lipinski definition) is 0. The van der Waals surface area contributed by atoms with Crippen molar-refractivity contribution in [3.8, 4) is 23.3 Å². The third-order valence-corrected chi connectivity index (χ3v) is 4.35. The molecule has 0 saturated heterocycles. The molecule has 0 unspecified atom stereocenters. The maximum Gasteiger partial charge on any atom is 0.318 e. The molecule has 32 heavy (non-hydrogen) atoms. The third kappa shape index (κ3) is 5.06. The van der Waals surface area contributed by atoms with Crippen molar-refractivity contribution in [3.63, 3.8) is 0 Å². The van der Waals surface area contributed by atoms with Crippen LogP contribution in [0.15, 0.2) is 66.7 Å². The Labute approximate surface area is 183 Å². The average Bonchev–Trinajstić information content (AvgIpc) is 2.79. The van der Waals surface area contributed by atoms with Crippen LogP contribution in [0.1, 0.15) is 18.1 Å². The summed E-state index contributed by atoms with van der Waals surface area (Å²) in [6.45, 7) is 2.07. The van der Waals surface area contributed by atoms with Gasteiger partial charge in [-0.2, -0.15) is 5.26 Å². The molecule has 0 heterocycles. The maximum absolute atomic E-state index is 11.4. The molecule has 0 aromatic heterocycles. The second-order valence-corrected chi connectivity index (χ2v) is 6.44. The quantitative estimate of drug-likeness (QED) is 0.192. The van der Waals surface area contributed by atoms with Gasteiger partial charge in [-0.1, -0.05) is 36.4 Å². The summed E-state index contributed by atoms with van der Waals surface area (Å²) in [5.41, 5.74) is 0.919. The third-order valence-electron chi connectivity index (χ3n) is 4.35. The van der Waals surface area contributed by atoms with E-state index in [1.807, 2.05) is 30.3 Å². The first kappa shape index (κ1) is 22.0. The zero-order valence-electron chi connectivity index (χ0n) is 16.9. The fourth-order valence-electron chi connectivity index (χ4n) is 2.90. The van der Waals surface area contributed by atoms with Crippen LogP contribution in [0.2, 0.25) is 0 Å². The van der Waals surface area contributed by atoms with Gasteiger partial charge in [-0.05, 0) is 42.3 Å². The number of nitro benzene ring substituents is 2. The number of rotatable bonds is 8. The Morgan fingerprint density at radius 1 is 0.969 bits per heavy atom. The second-order valence-electron chi connectivity index (χ2n) is 6.44. The van der Waals surface area contributed by atoms with E-state index < -0.39 is 21.2 Å². The van der Waals surface area contributed by atoms with Gasteiger partial charge in [-0.15, -0.1) is 0 Å². The number of nitriles is 1. The zero-order chi connectivity index (χ0) is 23.1. The van der Waals surface area contributed by atoms with E-state index >= 15 is 0 Å². The van der Waals surface area contributed by atoms with Crippen molar-refractivity contribution >= 4 is 23.0 Å². The molecule has 3 aromatic rings. The van der Waals surface area contributed by atoms with Gasteiger partial charge in [0.25, 0.3) is 5.69 Å². The van der Waals surface area contributed by atoms with E-state index in [4.69, 9.17) is 9.47 Å². The van der Waals surface area contributed by atoms with Crippen LogP contribution in [0.5, 0.6) is 17.2 Å². The topological polar surface area (TPSA) is 129 Å². The number of benzene rings is 3. The first-order chi connectivity index (χ1) is 15.4. The number of nitro groups is 2. The molecule has 0 aliphatic rings. The van der Waals surface area contributed by atoms with Crippen molar-refractivity contribution in [1.29, 1.82) is 5.26 Å². The Kier molecular flexibility index (Phi) is 6.78. The minimum Gasteiger partial charge on any atom is -0.490 e. The minimum absolute atomic E-state index is 0.160. The Morgan fingerprint density at radius 3 is 2.31 bits per heavy atom. The van der Waals surface area contributed by atoms with Crippen LogP contribution in [-0.2, 0) is 0 Å². The summed E-state index contributed by atoms with van der Waals surface area (Å²) in [6.07, 6.45) is 1.69. The van der Waals surface area contributed by atoms with E-state index in [9.17, 15) is 25.5 Å². The van der Waals surface area contributed by atoms with Gasteiger partial charge in [0, 0.05) is 6.07 Å². The highest BCUT2D eigenvalue weighted by Crippen LogP contribution is 2.39. The summed E-state index contributed by atoms with van der Waals surface area (Å²) >= 11 is 0. The van der Waals surface area contributed by atoms with Gasteiger partial charge >= 0.3 is 5.69 Å². The highest BCUT2D eigenvalue weighted by atomic mass is 16.6. The SMILES string of the molecule is CCOc1cc(/C=C(\C#N)c2ccccc2)ccc1Oc1ccc([N+](=O)[O-])cc1[N+](=O)[O-]. The molecule has 3 rings (SSSR count). The molecular weight excluding hydrogens is 414 g/mol.